The molecule has 0 saturated carbocycles. The fraction of sp³-hybridized carbons (Fsp3) is 0.500. The predicted molar refractivity (Wildman–Crippen MR) is 57.7 cm³/mol. The first kappa shape index (κ1) is 12.4. The summed E-state index contributed by atoms with van der Waals surface area (Å²) in [4.78, 5) is 0. The maximum Gasteiger partial charge on any atom is 0.0958 e. The van der Waals surface area contributed by atoms with Crippen LogP contribution in [0.1, 0.15) is 25.7 Å². The number of nitrogens with one attached hydrogen (secondary N) is 1. The Morgan fingerprint density at radius 1 is 1.36 bits per heavy atom. The highest BCUT2D eigenvalue weighted by atomic mass is 14.9. The molecule has 0 amide bonds. The van der Waals surface area contributed by atoms with Gasteiger partial charge in [-0.25, -0.2) is 0 Å². The van der Waals surface area contributed by atoms with E-state index in [4.69, 9.17) is 16.7 Å². The third kappa shape index (κ3) is 7.04. The van der Waals surface area contributed by atoms with Crippen LogP contribution in [0.15, 0.2) is 23.7 Å². The fourth-order valence-corrected chi connectivity index (χ4v) is 0.897. The lowest BCUT2D eigenvalue weighted by Gasteiger charge is -1.99. The molecule has 0 atom stereocenters. The molecule has 78 valence electrons. The van der Waals surface area contributed by atoms with Crippen LogP contribution in [0, 0.1) is 11.3 Å². The summed E-state index contributed by atoms with van der Waals surface area (Å²) in [5, 5.41) is 11.1. The Bertz CT molecular complexity index is 247. The van der Waals surface area contributed by atoms with E-state index < -0.39 is 0 Å². The van der Waals surface area contributed by atoms with Crippen LogP contribution >= 0.6 is 0 Å². The van der Waals surface area contributed by atoms with Crippen molar-refractivity contribution >= 4 is 0 Å². The number of nitriles is 1. The predicted octanol–water partition coefficient (Wildman–Crippen LogP) is 0.932. The van der Waals surface area contributed by atoms with Gasteiger partial charge in [0.05, 0.1) is 11.9 Å². The van der Waals surface area contributed by atoms with E-state index in [9.17, 15) is 0 Å². The van der Waals surface area contributed by atoms with Gasteiger partial charge in [0.1, 0.15) is 0 Å². The molecular formula is C10H18N4. The summed E-state index contributed by atoms with van der Waals surface area (Å²) in [6.07, 6.45) is 6.79. The number of unbranched alkanes of at least 4 members (excludes halogenated alkanes) is 2. The molecule has 0 aromatic carbocycles. The van der Waals surface area contributed by atoms with E-state index in [1.165, 1.54) is 0 Å². The molecule has 0 aliphatic carbocycles. The van der Waals surface area contributed by atoms with Gasteiger partial charge in [0.15, 0.2) is 0 Å². The molecule has 4 heteroatoms. The van der Waals surface area contributed by atoms with Gasteiger partial charge in [-0.05, 0) is 31.4 Å². The van der Waals surface area contributed by atoms with Crippen LogP contribution in [0.2, 0.25) is 0 Å². The third-order valence-corrected chi connectivity index (χ3v) is 1.77. The quantitative estimate of drug-likeness (QED) is 0.433. The first-order valence-electron chi connectivity index (χ1n) is 4.67. The average molecular weight is 194 g/mol. The van der Waals surface area contributed by atoms with Gasteiger partial charge < -0.3 is 16.8 Å². The van der Waals surface area contributed by atoms with Gasteiger partial charge in [-0.15, -0.1) is 0 Å². The first-order valence-corrected chi connectivity index (χ1v) is 4.67. The maximum atomic E-state index is 8.31. The summed E-state index contributed by atoms with van der Waals surface area (Å²) in [5.41, 5.74) is 12.0. The molecule has 0 aromatic heterocycles. The zero-order chi connectivity index (χ0) is 10.8. The molecule has 0 spiro atoms. The highest BCUT2D eigenvalue weighted by Gasteiger charge is 1.90. The summed E-state index contributed by atoms with van der Waals surface area (Å²) < 4.78 is 0. The van der Waals surface area contributed by atoms with Crippen molar-refractivity contribution in [2.24, 2.45) is 11.5 Å². The average Bonchev–Trinajstić information content (AvgIpc) is 2.21. The minimum atomic E-state index is 0.588. The van der Waals surface area contributed by atoms with Gasteiger partial charge in [-0.2, -0.15) is 5.26 Å². The molecule has 0 aromatic rings. The monoisotopic (exact) mass is 194 g/mol. The van der Waals surface area contributed by atoms with Gasteiger partial charge in [-0.3, -0.25) is 0 Å². The van der Waals surface area contributed by atoms with Gasteiger partial charge in [-0.1, -0.05) is 0 Å². The van der Waals surface area contributed by atoms with Crippen LogP contribution in [0.3, 0.4) is 0 Å². The molecule has 5 N–H and O–H groups in total. The summed E-state index contributed by atoms with van der Waals surface area (Å²) in [7, 11) is 1.75. The Balaban J connectivity index is 3.73. The van der Waals surface area contributed by atoms with Crippen LogP contribution in [0.4, 0.5) is 0 Å². The van der Waals surface area contributed by atoms with E-state index in [0.29, 0.717) is 12.2 Å². The van der Waals surface area contributed by atoms with Gasteiger partial charge in [0.25, 0.3) is 0 Å². The zero-order valence-electron chi connectivity index (χ0n) is 8.59. The Morgan fingerprint density at radius 2 is 2.07 bits per heavy atom. The lowest BCUT2D eigenvalue weighted by molar-refractivity contribution is 0.742. The molecule has 0 unspecified atom stereocenters. The molecule has 0 fully saturated rings. The zero-order valence-corrected chi connectivity index (χ0v) is 8.59. The van der Waals surface area contributed by atoms with E-state index in [2.05, 4.69) is 11.4 Å². The van der Waals surface area contributed by atoms with Crippen molar-refractivity contribution in [3.8, 4) is 6.07 Å². The van der Waals surface area contributed by atoms with Crippen molar-refractivity contribution in [2.45, 2.75) is 25.7 Å². The van der Waals surface area contributed by atoms with Crippen molar-refractivity contribution in [3.05, 3.63) is 23.7 Å². The number of hydrogen-bond acceptors (Lipinski definition) is 4. The molecule has 0 radical (unpaired) electrons. The number of hydrogen-bond donors (Lipinski definition) is 3. The molecule has 0 rings (SSSR count). The molecule has 0 heterocycles. The third-order valence-electron chi connectivity index (χ3n) is 1.77. The van der Waals surface area contributed by atoms with Crippen molar-refractivity contribution in [1.29, 1.82) is 5.26 Å². The molecule has 14 heavy (non-hydrogen) atoms. The Hall–Kier alpha value is -1.63. The van der Waals surface area contributed by atoms with Crippen molar-refractivity contribution in [3.63, 3.8) is 0 Å². The second-order valence-corrected chi connectivity index (χ2v) is 2.98. The van der Waals surface area contributed by atoms with Gasteiger partial charge >= 0.3 is 0 Å². The van der Waals surface area contributed by atoms with E-state index in [1.807, 2.05) is 0 Å². The van der Waals surface area contributed by atoms with Crippen LogP contribution < -0.4 is 16.8 Å². The molecule has 0 bridgehead atoms. The minimum absolute atomic E-state index is 0.588. The summed E-state index contributed by atoms with van der Waals surface area (Å²) in [6.45, 7) is 0. The molecular weight excluding hydrogens is 176 g/mol. The summed E-state index contributed by atoms with van der Waals surface area (Å²) in [5.74, 6) is 0.588. The smallest absolute Gasteiger partial charge is 0.0958 e. The van der Waals surface area contributed by atoms with Crippen molar-refractivity contribution in [2.75, 3.05) is 7.05 Å². The second-order valence-electron chi connectivity index (χ2n) is 2.98. The number of nitrogens with two attached hydrogens (primary N) is 2. The Kier molecular flexibility index (Phi) is 7.06. The van der Waals surface area contributed by atoms with Crippen molar-refractivity contribution < 1.29 is 0 Å². The fourth-order valence-electron chi connectivity index (χ4n) is 0.897. The molecule has 4 nitrogen and oxygen atoms in total. The lowest BCUT2D eigenvalue weighted by atomic mass is 10.1. The number of rotatable bonds is 6. The Labute approximate surface area is 85.3 Å². The number of allylic oxidation sites excluding steroid dienone is 3. The second kappa shape index (κ2) is 7.99. The van der Waals surface area contributed by atoms with Crippen LogP contribution in [-0.2, 0) is 0 Å². The number of nitrogens with zero attached hydrogens (tertiary/aromatic N) is 1. The molecule has 0 aliphatic heterocycles. The standard InChI is InChI=1S/C10H18N4/c1-14-10(13)7-6-9(12)5-3-2-4-8-11/h6-7,14H,2-5,12-13H2,1H3/b9-6-,10-7+. The maximum absolute atomic E-state index is 8.31. The molecule has 0 saturated heterocycles. The van der Waals surface area contributed by atoms with Crippen LogP contribution in [0.5, 0.6) is 0 Å². The first-order chi connectivity index (χ1) is 6.70. The van der Waals surface area contributed by atoms with Crippen molar-refractivity contribution in [1.82, 2.24) is 5.32 Å². The lowest BCUT2D eigenvalue weighted by Crippen LogP contribution is -2.14. The van der Waals surface area contributed by atoms with E-state index in [0.717, 1.165) is 25.0 Å². The van der Waals surface area contributed by atoms with Crippen LogP contribution in [0.25, 0.3) is 0 Å². The summed E-state index contributed by atoms with van der Waals surface area (Å²) >= 11 is 0. The van der Waals surface area contributed by atoms with Crippen LogP contribution in [-0.4, -0.2) is 7.05 Å². The SMILES string of the molecule is CN/C(N)=C/C=C(\N)CCCCC#N. The normalized spacial score (nSPS) is 12.3. The van der Waals surface area contributed by atoms with Gasteiger partial charge in [0, 0.05) is 19.2 Å². The largest absolute Gasteiger partial charge is 0.402 e. The highest BCUT2D eigenvalue weighted by Crippen LogP contribution is 2.03. The minimum Gasteiger partial charge on any atom is -0.402 e. The van der Waals surface area contributed by atoms with Gasteiger partial charge in [0.2, 0.25) is 0 Å². The topological polar surface area (TPSA) is 87.9 Å². The van der Waals surface area contributed by atoms with E-state index in [1.54, 1.807) is 19.2 Å². The summed E-state index contributed by atoms with van der Waals surface area (Å²) in [6, 6.07) is 2.10. The highest BCUT2D eigenvalue weighted by molar-refractivity contribution is 5.12. The molecule has 0 aliphatic rings. The van der Waals surface area contributed by atoms with E-state index >= 15 is 0 Å². The Morgan fingerprint density at radius 3 is 2.64 bits per heavy atom. The van der Waals surface area contributed by atoms with E-state index in [-0.39, 0.29) is 0 Å².